The standard InChI is InChI=1S/C18H18N2O4/c1-4-20-11(3)13(10(2)19-20)5-12-8-22-15-7-17-16(23-9-24-17)6-14(15)18(12)21/h5-7H,4,8-9H2,1-3H3. The molecule has 6 heteroatoms. The van der Waals surface area contributed by atoms with E-state index in [-0.39, 0.29) is 19.2 Å². The van der Waals surface area contributed by atoms with Gasteiger partial charge in [-0.05, 0) is 32.9 Å². The molecular weight excluding hydrogens is 308 g/mol. The summed E-state index contributed by atoms with van der Waals surface area (Å²) < 4.78 is 18.4. The van der Waals surface area contributed by atoms with Crippen LogP contribution in [0.3, 0.4) is 0 Å². The molecule has 6 nitrogen and oxygen atoms in total. The topological polar surface area (TPSA) is 62.6 Å². The summed E-state index contributed by atoms with van der Waals surface area (Å²) in [7, 11) is 0. The summed E-state index contributed by atoms with van der Waals surface area (Å²) in [5.41, 5.74) is 4.06. The number of aryl methyl sites for hydroxylation is 2. The molecule has 1 aromatic carbocycles. The second-order valence-corrected chi connectivity index (χ2v) is 5.89. The van der Waals surface area contributed by atoms with Crippen molar-refractivity contribution in [1.82, 2.24) is 9.78 Å². The number of rotatable bonds is 2. The average Bonchev–Trinajstić information content (AvgIpc) is 3.14. The molecule has 0 fully saturated rings. The van der Waals surface area contributed by atoms with E-state index in [9.17, 15) is 4.79 Å². The molecule has 0 amide bonds. The first-order valence-corrected chi connectivity index (χ1v) is 7.94. The normalized spacial score (nSPS) is 17.1. The molecule has 24 heavy (non-hydrogen) atoms. The van der Waals surface area contributed by atoms with Gasteiger partial charge < -0.3 is 14.2 Å². The lowest BCUT2D eigenvalue weighted by Gasteiger charge is -2.19. The lowest BCUT2D eigenvalue weighted by Crippen LogP contribution is -2.19. The fraction of sp³-hybridized carbons (Fsp3) is 0.333. The molecule has 0 aliphatic carbocycles. The number of nitrogens with zero attached hydrogens (tertiary/aromatic N) is 2. The highest BCUT2D eigenvalue weighted by molar-refractivity contribution is 6.14. The van der Waals surface area contributed by atoms with Gasteiger partial charge in [0.15, 0.2) is 17.3 Å². The second-order valence-electron chi connectivity index (χ2n) is 5.89. The summed E-state index contributed by atoms with van der Waals surface area (Å²) in [5.74, 6) is 1.69. The first-order chi connectivity index (χ1) is 11.6. The van der Waals surface area contributed by atoms with Crippen molar-refractivity contribution >= 4 is 11.9 Å². The minimum atomic E-state index is -0.0439. The van der Waals surface area contributed by atoms with E-state index in [1.54, 1.807) is 12.1 Å². The number of carbonyl (C=O) groups is 1. The predicted molar refractivity (Wildman–Crippen MR) is 87.7 cm³/mol. The van der Waals surface area contributed by atoms with Gasteiger partial charge in [0.05, 0.1) is 11.3 Å². The van der Waals surface area contributed by atoms with Crippen molar-refractivity contribution in [3.8, 4) is 17.2 Å². The van der Waals surface area contributed by atoms with Gasteiger partial charge in [0.2, 0.25) is 6.79 Å². The molecule has 0 spiro atoms. The van der Waals surface area contributed by atoms with E-state index in [2.05, 4.69) is 5.10 Å². The number of ketones is 1. The Morgan fingerprint density at radius 1 is 1.17 bits per heavy atom. The quantitative estimate of drug-likeness (QED) is 0.794. The highest BCUT2D eigenvalue weighted by Gasteiger charge is 2.28. The van der Waals surface area contributed by atoms with E-state index in [0.717, 1.165) is 23.5 Å². The molecule has 2 aliphatic heterocycles. The van der Waals surface area contributed by atoms with Gasteiger partial charge in [0.1, 0.15) is 12.4 Å². The Kier molecular flexibility index (Phi) is 3.33. The van der Waals surface area contributed by atoms with Gasteiger partial charge in [-0.15, -0.1) is 0 Å². The molecule has 0 saturated carbocycles. The van der Waals surface area contributed by atoms with Crippen molar-refractivity contribution in [3.05, 3.63) is 40.2 Å². The maximum atomic E-state index is 12.8. The maximum Gasteiger partial charge on any atom is 0.231 e. The van der Waals surface area contributed by atoms with Gasteiger partial charge >= 0.3 is 0 Å². The number of hydrogen-bond acceptors (Lipinski definition) is 5. The van der Waals surface area contributed by atoms with E-state index in [1.165, 1.54) is 0 Å². The number of benzene rings is 1. The Balaban J connectivity index is 1.74. The monoisotopic (exact) mass is 326 g/mol. The molecular formula is C18H18N2O4. The third-order valence-electron chi connectivity index (χ3n) is 4.45. The zero-order chi connectivity index (χ0) is 16.8. The summed E-state index contributed by atoms with van der Waals surface area (Å²) in [5, 5.41) is 4.49. The number of hydrogen-bond donors (Lipinski definition) is 0. The van der Waals surface area contributed by atoms with Gasteiger partial charge in [-0.3, -0.25) is 9.48 Å². The highest BCUT2D eigenvalue weighted by Crippen LogP contribution is 2.40. The predicted octanol–water partition coefficient (Wildman–Crippen LogP) is 2.91. The summed E-state index contributed by atoms with van der Waals surface area (Å²) in [6.45, 7) is 7.21. The Labute approximate surface area is 139 Å². The highest BCUT2D eigenvalue weighted by atomic mass is 16.7. The van der Waals surface area contributed by atoms with Crippen molar-refractivity contribution < 1.29 is 19.0 Å². The van der Waals surface area contributed by atoms with Gasteiger partial charge in [-0.2, -0.15) is 5.10 Å². The zero-order valence-electron chi connectivity index (χ0n) is 13.9. The maximum absolute atomic E-state index is 12.8. The van der Waals surface area contributed by atoms with Crippen molar-refractivity contribution in [3.63, 3.8) is 0 Å². The van der Waals surface area contributed by atoms with Crippen LogP contribution in [-0.2, 0) is 6.54 Å². The molecule has 124 valence electrons. The third-order valence-corrected chi connectivity index (χ3v) is 4.45. The van der Waals surface area contributed by atoms with Crippen LogP contribution < -0.4 is 14.2 Å². The Bertz CT molecular complexity index is 880. The van der Waals surface area contributed by atoms with Crippen molar-refractivity contribution in [2.24, 2.45) is 0 Å². The molecule has 4 rings (SSSR count). The minimum Gasteiger partial charge on any atom is -0.488 e. The minimum absolute atomic E-state index is 0.0439. The Hall–Kier alpha value is -2.76. The number of fused-ring (bicyclic) bond motifs is 2. The average molecular weight is 326 g/mol. The van der Waals surface area contributed by atoms with E-state index in [0.29, 0.717) is 28.4 Å². The van der Waals surface area contributed by atoms with E-state index in [1.807, 2.05) is 31.5 Å². The van der Waals surface area contributed by atoms with E-state index in [4.69, 9.17) is 14.2 Å². The molecule has 0 radical (unpaired) electrons. The smallest absolute Gasteiger partial charge is 0.231 e. The fourth-order valence-corrected chi connectivity index (χ4v) is 3.12. The summed E-state index contributed by atoms with van der Waals surface area (Å²) in [4.78, 5) is 12.8. The third kappa shape index (κ3) is 2.18. The van der Waals surface area contributed by atoms with Crippen LogP contribution in [0.1, 0.15) is 34.2 Å². The molecule has 1 aromatic heterocycles. The van der Waals surface area contributed by atoms with E-state index >= 15 is 0 Å². The molecule has 0 unspecified atom stereocenters. The van der Waals surface area contributed by atoms with Gasteiger partial charge in [0, 0.05) is 29.4 Å². The first kappa shape index (κ1) is 14.8. The summed E-state index contributed by atoms with van der Waals surface area (Å²) in [6, 6.07) is 3.42. The summed E-state index contributed by atoms with van der Waals surface area (Å²) >= 11 is 0. The summed E-state index contributed by atoms with van der Waals surface area (Å²) in [6.07, 6.45) is 1.89. The van der Waals surface area contributed by atoms with Crippen molar-refractivity contribution in [2.45, 2.75) is 27.3 Å². The number of Topliss-reactive ketones (excluding diaryl/α,β-unsaturated/α-hetero) is 1. The Morgan fingerprint density at radius 2 is 1.92 bits per heavy atom. The van der Waals surface area contributed by atoms with Crippen LogP contribution in [0.2, 0.25) is 0 Å². The van der Waals surface area contributed by atoms with Crippen LogP contribution in [0.5, 0.6) is 17.2 Å². The largest absolute Gasteiger partial charge is 0.488 e. The first-order valence-electron chi connectivity index (χ1n) is 7.94. The lowest BCUT2D eigenvalue weighted by atomic mass is 9.97. The van der Waals surface area contributed by atoms with Crippen molar-refractivity contribution in [1.29, 1.82) is 0 Å². The molecule has 0 bridgehead atoms. The van der Waals surface area contributed by atoms with Crippen molar-refractivity contribution in [2.75, 3.05) is 13.4 Å². The van der Waals surface area contributed by atoms with Crippen LogP contribution >= 0.6 is 0 Å². The van der Waals surface area contributed by atoms with Gasteiger partial charge in [0.25, 0.3) is 0 Å². The van der Waals surface area contributed by atoms with Crippen LogP contribution in [0.25, 0.3) is 6.08 Å². The number of carbonyl (C=O) groups excluding carboxylic acids is 1. The van der Waals surface area contributed by atoms with Gasteiger partial charge in [-0.1, -0.05) is 0 Å². The molecule has 0 N–H and O–H groups in total. The number of aromatic nitrogens is 2. The Morgan fingerprint density at radius 3 is 2.62 bits per heavy atom. The van der Waals surface area contributed by atoms with Crippen LogP contribution in [0.15, 0.2) is 17.7 Å². The molecule has 3 heterocycles. The molecule has 2 aliphatic rings. The SMILES string of the molecule is CCn1nc(C)c(C=C2COc3cc4c(cc3C2=O)OCO4)c1C. The van der Waals surface area contributed by atoms with Crippen LogP contribution in [-0.4, -0.2) is 29.0 Å². The van der Waals surface area contributed by atoms with Crippen LogP contribution in [0.4, 0.5) is 0 Å². The molecule has 2 aromatic rings. The van der Waals surface area contributed by atoms with Crippen LogP contribution in [0, 0.1) is 13.8 Å². The second kappa shape index (κ2) is 5.40. The van der Waals surface area contributed by atoms with Gasteiger partial charge in [-0.25, -0.2) is 0 Å². The van der Waals surface area contributed by atoms with E-state index < -0.39 is 0 Å². The lowest BCUT2D eigenvalue weighted by molar-refractivity contribution is 0.100. The zero-order valence-corrected chi connectivity index (χ0v) is 13.9. The fourth-order valence-electron chi connectivity index (χ4n) is 3.12. The molecule has 0 atom stereocenters. The molecule has 0 saturated heterocycles. The number of ether oxygens (including phenoxy) is 3.